The Labute approximate surface area is 98.6 Å². The van der Waals surface area contributed by atoms with Gasteiger partial charge in [0.1, 0.15) is 11.4 Å². The number of nitrogens with two attached hydrogens (primary N) is 1. The van der Waals surface area contributed by atoms with Gasteiger partial charge < -0.3 is 16.2 Å². The normalized spacial score (nSPS) is 14.6. The lowest BCUT2D eigenvalue weighted by Gasteiger charge is -2.11. The van der Waals surface area contributed by atoms with Crippen molar-refractivity contribution in [3.05, 3.63) is 23.5 Å². The van der Waals surface area contributed by atoms with E-state index in [1.54, 1.807) is 0 Å². The molecule has 0 aliphatic heterocycles. The maximum absolute atomic E-state index is 13.2. The summed E-state index contributed by atoms with van der Waals surface area (Å²) >= 11 is 0. The minimum absolute atomic E-state index is 0.180. The molecule has 1 fully saturated rings. The first-order valence-corrected chi connectivity index (χ1v) is 5.64. The van der Waals surface area contributed by atoms with Gasteiger partial charge >= 0.3 is 5.97 Å². The third-order valence-corrected chi connectivity index (χ3v) is 2.97. The van der Waals surface area contributed by atoms with E-state index in [1.807, 2.05) is 0 Å². The molecule has 0 unspecified atom stereocenters. The molecule has 0 bridgehead atoms. The van der Waals surface area contributed by atoms with E-state index in [-0.39, 0.29) is 11.3 Å². The van der Waals surface area contributed by atoms with Crippen molar-refractivity contribution in [1.82, 2.24) is 0 Å². The zero-order chi connectivity index (χ0) is 12.4. The summed E-state index contributed by atoms with van der Waals surface area (Å²) in [7, 11) is 0. The Kier molecular flexibility index (Phi) is 3.17. The molecule has 1 aliphatic rings. The summed E-state index contributed by atoms with van der Waals surface area (Å²) in [6.07, 6.45) is 3.51. The predicted molar refractivity (Wildman–Crippen MR) is 63.6 cm³/mol. The third-order valence-electron chi connectivity index (χ3n) is 2.97. The lowest BCUT2D eigenvalue weighted by atomic mass is 10.1. The molecule has 0 radical (unpaired) electrons. The molecule has 1 aromatic rings. The molecular weight excluding hydrogens is 223 g/mol. The van der Waals surface area contributed by atoms with Gasteiger partial charge in [-0.15, -0.1) is 0 Å². The number of carboxylic acid groups (broad SMARTS) is 1. The first kappa shape index (κ1) is 11.7. The maximum Gasteiger partial charge on any atom is 0.340 e. The van der Waals surface area contributed by atoms with E-state index in [0.717, 1.165) is 12.3 Å². The number of nitrogen functional groups attached to an aromatic ring is 1. The Bertz CT molecular complexity index is 444. The number of carbonyl (C=O) groups is 1. The molecule has 0 aromatic heterocycles. The number of carboxylic acids is 1. The van der Waals surface area contributed by atoms with Crippen LogP contribution in [0.4, 0.5) is 15.8 Å². The monoisotopic (exact) mass is 238 g/mol. The number of halogens is 1. The van der Waals surface area contributed by atoms with Crippen LogP contribution in [0.5, 0.6) is 0 Å². The van der Waals surface area contributed by atoms with Crippen molar-refractivity contribution < 1.29 is 14.3 Å². The Morgan fingerprint density at radius 3 is 2.82 bits per heavy atom. The molecular formula is C12H15FN2O2. The summed E-state index contributed by atoms with van der Waals surface area (Å²) in [6.45, 7) is 0.690. The van der Waals surface area contributed by atoms with Crippen LogP contribution in [0.3, 0.4) is 0 Å². The summed E-state index contributed by atoms with van der Waals surface area (Å²) in [6, 6.07) is 2.60. The van der Waals surface area contributed by atoms with Gasteiger partial charge in [-0.2, -0.15) is 0 Å². The van der Waals surface area contributed by atoms with E-state index < -0.39 is 11.8 Å². The SMILES string of the molecule is Nc1c(F)ccc(NCCC2CC2)c1C(=O)O. The standard InChI is InChI=1S/C12H15FN2O2/c13-8-3-4-9(10(11(8)14)12(16)17)15-6-5-7-1-2-7/h3-4,7,15H,1-2,5-6,14H2,(H,16,17). The Hall–Kier alpha value is -1.78. The average Bonchev–Trinajstić information content (AvgIpc) is 3.07. The van der Waals surface area contributed by atoms with Crippen molar-refractivity contribution in [2.24, 2.45) is 5.92 Å². The minimum Gasteiger partial charge on any atom is -0.478 e. The smallest absolute Gasteiger partial charge is 0.340 e. The second kappa shape index (κ2) is 4.61. The van der Waals surface area contributed by atoms with Gasteiger partial charge in [-0.1, -0.05) is 12.8 Å². The number of nitrogens with one attached hydrogen (secondary N) is 1. The summed E-state index contributed by atoms with van der Waals surface area (Å²) in [5.41, 5.74) is 5.33. The molecule has 1 aliphatic carbocycles. The van der Waals surface area contributed by atoms with Gasteiger partial charge in [0.05, 0.1) is 11.4 Å². The van der Waals surface area contributed by atoms with Crippen LogP contribution in [-0.2, 0) is 0 Å². The molecule has 92 valence electrons. The largest absolute Gasteiger partial charge is 0.478 e. The molecule has 5 heteroatoms. The van der Waals surface area contributed by atoms with E-state index in [9.17, 15) is 9.18 Å². The van der Waals surface area contributed by atoms with Crippen LogP contribution in [-0.4, -0.2) is 17.6 Å². The van der Waals surface area contributed by atoms with E-state index >= 15 is 0 Å². The van der Waals surface area contributed by atoms with Crippen LogP contribution in [0, 0.1) is 11.7 Å². The number of aromatic carboxylic acids is 1. The molecule has 4 nitrogen and oxygen atoms in total. The highest BCUT2D eigenvalue weighted by Gasteiger charge is 2.21. The maximum atomic E-state index is 13.2. The molecule has 0 spiro atoms. The highest BCUT2D eigenvalue weighted by atomic mass is 19.1. The highest BCUT2D eigenvalue weighted by molar-refractivity contribution is 6.00. The zero-order valence-electron chi connectivity index (χ0n) is 9.37. The van der Waals surface area contributed by atoms with E-state index in [2.05, 4.69) is 5.32 Å². The number of hydrogen-bond acceptors (Lipinski definition) is 3. The molecule has 0 heterocycles. The molecule has 1 aromatic carbocycles. The van der Waals surface area contributed by atoms with Crippen molar-refractivity contribution in [2.75, 3.05) is 17.6 Å². The van der Waals surface area contributed by atoms with Gasteiger partial charge in [-0.25, -0.2) is 9.18 Å². The molecule has 0 saturated heterocycles. The van der Waals surface area contributed by atoms with Crippen molar-refractivity contribution in [2.45, 2.75) is 19.3 Å². The van der Waals surface area contributed by atoms with Gasteiger partial charge in [0, 0.05) is 6.54 Å². The van der Waals surface area contributed by atoms with Crippen molar-refractivity contribution in [1.29, 1.82) is 0 Å². The van der Waals surface area contributed by atoms with Gasteiger partial charge in [-0.05, 0) is 24.5 Å². The number of benzene rings is 1. The van der Waals surface area contributed by atoms with Crippen LogP contribution in [0.25, 0.3) is 0 Å². The average molecular weight is 238 g/mol. The van der Waals surface area contributed by atoms with Gasteiger partial charge in [0.15, 0.2) is 0 Å². The molecule has 1 saturated carbocycles. The topological polar surface area (TPSA) is 75.3 Å². The Morgan fingerprint density at radius 2 is 2.24 bits per heavy atom. The lowest BCUT2D eigenvalue weighted by molar-refractivity contribution is 0.0698. The van der Waals surface area contributed by atoms with Gasteiger partial charge in [-0.3, -0.25) is 0 Å². The summed E-state index contributed by atoms with van der Waals surface area (Å²) < 4.78 is 13.2. The number of rotatable bonds is 5. The predicted octanol–water partition coefficient (Wildman–Crippen LogP) is 2.32. The minimum atomic E-state index is -1.21. The van der Waals surface area contributed by atoms with Crippen LogP contribution in [0.15, 0.2) is 12.1 Å². The fourth-order valence-electron chi connectivity index (χ4n) is 1.79. The van der Waals surface area contributed by atoms with E-state index in [0.29, 0.717) is 12.2 Å². The van der Waals surface area contributed by atoms with Gasteiger partial charge in [0.25, 0.3) is 0 Å². The first-order chi connectivity index (χ1) is 8.09. The lowest BCUT2D eigenvalue weighted by Crippen LogP contribution is -2.11. The second-order valence-electron chi connectivity index (χ2n) is 4.35. The Morgan fingerprint density at radius 1 is 1.53 bits per heavy atom. The summed E-state index contributed by atoms with van der Waals surface area (Å²) in [5.74, 6) is -1.15. The Balaban J connectivity index is 2.13. The third kappa shape index (κ3) is 2.67. The van der Waals surface area contributed by atoms with Crippen LogP contribution in [0.2, 0.25) is 0 Å². The zero-order valence-corrected chi connectivity index (χ0v) is 9.37. The molecule has 4 N–H and O–H groups in total. The molecule has 2 rings (SSSR count). The second-order valence-corrected chi connectivity index (χ2v) is 4.35. The van der Waals surface area contributed by atoms with Crippen molar-refractivity contribution in [3.8, 4) is 0 Å². The molecule has 0 atom stereocenters. The van der Waals surface area contributed by atoms with Crippen molar-refractivity contribution in [3.63, 3.8) is 0 Å². The first-order valence-electron chi connectivity index (χ1n) is 5.64. The number of hydrogen-bond donors (Lipinski definition) is 3. The highest BCUT2D eigenvalue weighted by Crippen LogP contribution is 2.32. The number of anilines is 2. The quantitative estimate of drug-likeness (QED) is 0.688. The van der Waals surface area contributed by atoms with E-state index in [4.69, 9.17) is 10.8 Å². The fraction of sp³-hybridized carbons (Fsp3) is 0.417. The van der Waals surface area contributed by atoms with Crippen LogP contribution < -0.4 is 11.1 Å². The summed E-state index contributed by atoms with van der Waals surface area (Å²) in [5, 5.41) is 12.0. The van der Waals surface area contributed by atoms with Gasteiger partial charge in [0.2, 0.25) is 0 Å². The molecule has 0 amide bonds. The summed E-state index contributed by atoms with van der Waals surface area (Å²) in [4.78, 5) is 11.0. The fourth-order valence-corrected chi connectivity index (χ4v) is 1.79. The molecule has 17 heavy (non-hydrogen) atoms. The van der Waals surface area contributed by atoms with Crippen LogP contribution in [0.1, 0.15) is 29.6 Å². The van der Waals surface area contributed by atoms with Crippen LogP contribution >= 0.6 is 0 Å². The van der Waals surface area contributed by atoms with E-state index in [1.165, 1.54) is 25.0 Å². The van der Waals surface area contributed by atoms with Crippen molar-refractivity contribution >= 4 is 17.3 Å².